The van der Waals surface area contributed by atoms with Crippen LogP contribution >= 0.6 is 0 Å². The van der Waals surface area contributed by atoms with Gasteiger partial charge in [0.2, 0.25) is 11.8 Å². The van der Waals surface area contributed by atoms with Gasteiger partial charge in [-0.15, -0.1) is 0 Å². The molecule has 2 bridgehead atoms. The third-order valence-electron chi connectivity index (χ3n) is 6.25. The first-order valence-corrected chi connectivity index (χ1v) is 9.17. The fourth-order valence-electron chi connectivity index (χ4n) is 5.13. The van der Waals surface area contributed by atoms with Crippen molar-refractivity contribution in [3.8, 4) is 0 Å². The molecular formula is C22H19NO3. The molecule has 1 heterocycles. The largest absolute Gasteiger partial charge is 0.299 e. The van der Waals surface area contributed by atoms with E-state index in [2.05, 4.69) is 0 Å². The molecule has 4 atom stereocenters. The average molecular weight is 345 g/mol. The van der Waals surface area contributed by atoms with E-state index in [1.54, 1.807) is 0 Å². The van der Waals surface area contributed by atoms with Gasteiger partial charge in [0.05, 0.1) is 17.8 Å². The Morgan fingerprint density at radius 3 is 2.23 bits per heavy atom. The highest BCUT2D eigenvalue weighted by molar-refractivity contribution is 6.11. The molecule has 1 aliphatic heterocycles. The fourth-order valence-corrected chi connectivity index (χ4v) is 5.13. The monoisotopic (exact) mass is 345 g/mol. The van der Waals surface area contributed by atoms with Gasteiger partial charge >= 0.3 is 0 Å². The normalized spacial score (nSPS) is 29.1. The lowest BCUT2D eigenvalue weighted by molar-refractivity contribution is -0.140. The molecule has 4 heteroatoms. The second-order valence-corrected chi connectivity index (χ2v) is 7.50. The van der Waals surface area contributed by atoms with Crippen molar-refractivity contribution in [3.63, 3.8) is 0 Å². The van der Waals surface area contributed by atoms with Crippen LogP contribution in [-0.4, -0.2) is 29.0 Å². The Morgan fingerprint density at radius 2 is 1.46 bits per heavy atom. The van der Waals surface area contributed by atoms with Crippen LogP contribution in [0, 0.1) is 11.8 Å². The zero-order valence-corrected chi connectivity index (χ0v) is 14.3. The lowest BCUT2D eigenvalue weighted by Gasteiger charge is -2.43. The van der Waals surface area contributed by atoms with Gasteiger partial charge in [0.15, 0.2) is 0 Å². The van der Waals surface area contributed by atoms with Crippen LogP contribution in [0.25, 0.3) is 0 Å². The lowest BCUT2D eigenvalue weighted by Crippen LogP contribution is -2.44. The summed E-state index contributed by atoms with van der Waals surface area (Å²) in [4.78, 5) is 40.2. The number of fused-ring (bicyclic) bond motifs is 1. The van der Waals surface area contributed by atoms with Crippen LogP contribution in [0.5, 0.6) is 0 Å². The van der Waals surface area contributed by atoms with Crippen molar-refractivity contribution in [2.75, 3.05) is 6.54 Å². The quantitative estimate of drug-likeness (QED) is 0.804. The first-order valence-electron chi connectivity index (χ1n) is 9.17. The Hall–Kier alpha value is -2.75. The Balaban J connectivity index is 1.48. The van der Waals surface area contributed by atoms with Crippen molar-refractivity contribution in [2.24, 2.45) is 11.8 Å². The van der Waals surface area contributed by atoms with E-state index in [0.29, 0.717) is 19.4 Å². The molecule has 26 heavy (non-hydrogen) atoms. The molecule has 130 valence electrons. The van der Waals surface area contributed by atoms with E-state index in [4.69, 9.17) is 0 Å². The molecule has 0 radical (unpaired) electrons. The minimum Gasteiger partial charge on any atom is -0.299 e. The highest BCUT2D eigenvalue weighted by atomic mass is 16.2. The Kier molecular flexibility index (Phi) is 3.36. The molecule has 0 unspecified atom stereocenters. The summed E-state index contributed by atoms with van der Waals surface area (Å²) in [6.45, 7) is 0.388. The summed E-state index contributed by atoms with van der Waals surface area (Å²) in [6, 6.07) is 17.7. The van der Waals surface area contributed by atoms with Crippen LogP contribution in [0.15, 0.2) is 54.6 Å². The molecule has 1 saturated heterocycles. The maximum atomic E-state index is 13.1. The molecule has 0 aromatic heterocycles. The first-order chi connectivity index (χ1) is 12.7. The van der Waals surface area contributed by atoms with Crippen molar-refractivity contribution in [3.05, 3.63) is 71.3 Å². The van der Waals surface area contributed by atoms with E-state index >= 15 is 0 Å². The average Bonchev–Trinajstić information content (AvgIpc) is 2.93. The van der Waals surface area contributed by atoms with Gasteiger partial charge < -0.3 is 0 Å². The van der Waals surface area contributed by atoms with Crippen LogP contribution < -0.4 is 0 Å². The number of rotatable bonds is 3. The number of nitrogens with zero attached hydrogens (tertiary/aromatic N) is 1. The molecular weight excluding hydrogens is 326 g/mol. The van der Waals surface area contributed by atoms with E-state index in [9.17, 15) is 14.4 Å². The SMILES string of the molecule is O=C1C[C@H]2c3ccccc3[C@@H]1[C@H]1C(=O)N(CCc3ccccc3)C(=O)[C@H]12. The van der Waals surface area contributed by atoms with Gasteiger partial charge in [-0.2, -0.15) is 0 Å². The Bertz CT molecular complexity index is 920. The number of carbonyl (C=O) groups excluding carboxylic acids is 3. The first kappa shape index (κ1) is 15.5. The molecule has 2 aromatic carbocycles. The number of benzene rings is 2. The molecule has 4 aliphatic rings. The summed E-state index contributed by atoms with van der Waals surface area (Å²) in [5, 5.41) is 0. The summed E-state index contributed by atoms with van der Waals surface area (Å²) in [5.41, 5.74) is 3.15. The Labute approximate surface area is 151 Å². The van der Waals surface area contributed by atoms with Crippen molar-refractivity contribution >= 4 is 17.6 Å². The van der Waals surface area contributed by atoms with Crippen molar-refractivity contribution in [1.29, 1.82) is 0 Å². The van der Waals surface area contributed by atoms with Crippen LogP contribution in [0.2, 0.25) is 0 Å². The number of likely N-dealkylation sites (tertiary alicyclic amines) is 1. The second-order valence-electron chi connectivity index (χ2n) is 7.50. The lowest BCUT2D eigenvalue weighted by atomic mass is 9.56. The van der Waals surface area contributed by atoms with E-state index in [1.807, 2.05) is 54.6 Å². The van der Waals surface area contributed by atoms with E-state index < -0.39 is 11.8 Å². The summed E-state index contributed by atoms with van der Waals surface area (Å²) < 4.78 is 0. The van der Waals surface area contributed by atoms with E-state index in [1.165, 1.54) is 4.90 Å². The predicted octanol–water partition coefficient (Wildman–Crippen LogP) is 2.68. The highest BCUT2D eigenvalue weighted by Gasteiger charge is 2.62. The molecule has 2 amide bonds. The van der Waals surface area contributed by atoms with Crippen LogP contribution in [0.3, 0.4) is 0 Å². The third-order valence-corrected chi connectivity index (χ3v) is 6.25. The standard InChI is InChI=1S/C22H19NO3/c24-17-12-16-14-8-4-5-9-15(14)18(17)20-19(16)21(25)23(22(20)26)11-10-13-6-2-1-3-7-13/h1-9,16,18-20H,10-12H2/t16-,18-,19-,20+/m0/s1. The van der Waals surface area contributed by atoms with Crippen molar-refractivity contribution < 1.29 is 14.4 Å². The minimum absolute atomic E-state index is 0.0899. The zero-order valence-electron chi connectivity index (χ0n) is 14.3. The second kappa shape index (κ2) is 5.63. The molecule has 0 N–H and O–H groups in total. The fraction of sp³-hybridized carbons (Fsp3) is 0.318. The summed E-state index contributed by atoms with van der Waals surface area (Å²) in [6.07, 6.45) is 1.03. The van der Waals surface area contributed by atoms with Gasteiger partial charge in [0, 0.05) is 18.9 Å². The zero-order chi connectivity index (χ0) is 17.8. The molecule has 1 saturated carbocycles. The maximum absolute atomic E-state index is 13.1. The smallest absolute Gasteiger partial charge is 0.234 e. The highest BCUT2D eigenvalue weighted by Crippen LogP contribution is 2.57. The van der Waals surface area contributed by atoms with Crippen LogP contribution in [0.1, 0.15) is 34.9 Å². The van der Waals surface area contributed by atoms with Gasteiger partial charge in [0.1, 0.15) is 5.78 Å². The van der Waals surface area contributed by atoms with Crippen LogP contribution in [-0.2, 0) is 20.8 Å². The van der Waals surface area contributed by atoms with Gasteiger partial charge in [-0.05, 0) is 23.1 Å². The minimum atomic E-state index is -0.501. The van der Waals surface area contributed by atoms with Crippen molar-refractivity contribution in [1.82, 2.24) is 4.90 Å². The molecule has 0 spiro atoms. The molecule has 3 aliphatic carbocycles. The topological polar surface area (TPSA) is 54.5 Å². The number of amides is 2. The summed E-state index contributed by atoms with van der Waals surface area (Å²) >= 11 is 0. The van der Waals surface area contributed by atoms with Crippen LogP contribution in [0.4, 0.5) is 0 Å². The predicted molar refractivity (Wildman–Crippen MR) is 95.4 cm³/mol. The third kappa shape index (κ3) is 2.05. The number of carbonyl (C=O) groups is 3. The summed E-state index contributed by atoms with van der Waals surface area (Å²) in [5.74, 6) is -1.59. The molecule has 2 fully saturated rings. The molecule has 6 rings (SSSR count). The van der Waals surface area contributed by atoms with E-state index in [-0.39, 0.29) is 29.4 Å². The molecule has 2 aromatic rings. The molecule has 4 nitrogen and oxygen atoms in total. The van der Waals surface area contributed by atoms with Gasteiger partial charge in [0.25, 0.3) is 0 Å². The number of hydrogen-bond donors (Lipinski definition) is 0. The van der Waals surface area contributed by atoms with Gasteiger partial charge in [-0.1, -0.05) is 54.6 Å². The number of ketones is 1. The Morgan fingerprint density at radius 1 is 0.808 bits per heavy atom. The number of imide groups is 1. The maximum Gasteiger partial charge on any atom is 0.234 e. The van der Waals surface area contributed by atoms with Crippen molar-refractivity contribution in [2.45, 2.75) is 24.7 Å². The van der Waals surface area contributed by atoms with E-state index in [0.717, 1.165) is 16.7 Å². The number of hydrogen-bond acceptors (Lipinski definition) is 3. The van der Waals surface area contributed by atoms with Gasteiger partial charge in [-0.3, -0.25) is 19.3 Å². The summed E-state index contributed by atoms with van der Waals surface area (Å²) in [7, 11) is 0. The number of Topliss-reactive ketones (excluding diaryl/α,β-unsaturated/α-hetero) is 1. The van der Waals surface area contributed by atoms with Gasteiger partial charge in [-0.25, -0.2) is 0 Å².